The van der Waals surface area contributed by atoms with Crippen molar-refractivity contribution in [3.8, 4) is 45.3 Å². The predicted octanol–water partition coefficient (Wildman–Crippen LogP) is 10.9. The number of benzene rings is 6. The van der Waals surface area contributed by atoms with Gasteiger partial charge in [-0.2, -0.15) is 0 Å². The van der Waals surface area contributed by atoms with Gasteiger partial charge >= 0.3 is 0 Å². The van der Waals surface area contributed by atoms with Crippen LogP contribution in [-0.2, 0) is 0 Å². The van der Waals surface area contributed by atoms with Crippen molar-refractivity contribution in [2.45, 2.75) is 13.8 Å². The molecule has 6 rings (SSSR count). The molecular formula is C38H32O2. The molecule has 0 aromatic heterocycles. The molecule has 0 heterocycles. The van der Waals surface area contributed by atoms with E-state index in [0.717, 1.165) is 23.0 Å². The fraction of sp³-hybridized carbons (Fsp3) is 0.0526. The van der Waals surface area contributed by atoms with Crippen LogP contribution in [0.4, 0.5) is 0 Å². The van der Waals surface area contributed by atoms with Crippen LogP contribution >= 0.6 is 0 Å². The number of hydrogen-bond donors (Lipinski definition) is 0. The minimum absolute atomic E-state index is 0.840. The molecule has 0 saturated heterocycles. The molecule has 2 heteroatoms. The first-order valence-corrected chi connectivity index (χ1v) is 13.4. The van der Waals surface area contributed by atoms with Crippen LogP contribution < -0.4 is 9.47 Å². The highest BCUT2D eigenvalue weighted by molar-refractivity contribution is 5.65. The van der Waals surface area contributed by atoms with Gasteiger partial charge in [0, 0.05) is 0 Å². The average Bonchev–Trinajstić information content (AvgIpc) is 3.01. The quantitative estimate of drug-likeness (QED) is 0.217. The fourth-order valence-electron chi connectivity index (χ4n) is 4.18. The van der Waals surface area contributed by atoms with Crippen LogP contribution in [0.5, 0.6) is 23.0 Å². The number of aryl methyl sites for hydroxylation is 2. The molecule has 0 saturated carbocycles. The van der Waals surface area contributed by atoms with Crippen LogP contribution in [0.2, 0.25) is 0 Å². The summed E-state index contributed by atoms with van der Waals surface area (Å²) < 4.78 is 11.6. The smallest absolute Gasteiger partial charge is 0.127 e. The SMILES string of the molecule is Cc1ccc(Oc2ccc(C)cc2)cc1.c1ccc(-c2ccc(Oc3ccc(-c4ccccc4)cc3)cc2)cc1. The molecule has 0 aliphatic heterocycles. The molecule has 0 N–H and O–H groups in total. The van der Waals surface area contributed by atoms with Gasteiger partial charge in [-0.15, -0.1) is 0 Å². The molecular weight excluding hydrogens is 488 g/mol. The van der Waals surface area contributed by atoms with Crippen LogP contribution in [0.1, 0.15) is 11.1 Å². The van der Waals surface area contributed by atoms with E-state index in [0.29, 0.717) is 0 Å². The Hall–Kier alpha value is -5.08. The van der Waals surface area contributed by atoms with E-state index >= 15 is 0 Å². The summed E-state index contributed by atoms with van der Waals surface area (Å²) >= 11 is 0. The van der Waals surface area contributed by atoms with Gasteiger partial charge in [0.25, 0.3) is 0 Å². The predicted molar refractivity (Wildman–Crippen MR) is 166 cm³/mol. The highest BCUT2D eigenvalue weighted by Gasteiger charge is 2.02. The molecule has 0 atom stereocenters. The van der Waals surface area contributed by atoms with E-state index in [4.69, 9.17) is 9.47 Å². The molecule has 0 amide bonds. The van der Waals surface area contributed by atoms with E-state index in [1.54, 1.807) is 0 Å². The summed E-state index contributed by atoms with van der Waals surface area (Å²) in [5, 5.41) is 0. The maximum Gasteiger partial charge on any atom is 0.127 e. The lowest BCUT2D eigenvalue weighted by atomic mass is 10.1. The third kappa shape index (κ3) is 7.49. The fourth-order valence-corrected chi connectivity index (χ4v) is 4.18. The van der Waals surface area contributed by atoms with Crippen LogP contribution in [0.3, 0.4) is 0 Å². The van der Waals surface area contributed by atoms with Crippen molar-refractivity contribution in [2.75, 3.05) is 0 Å². The molecule has 0 aliphatic rings. The zero-order chi connectivity index (χ0) is 27.6. The summed E-state index contributed by atoms with van der Waals surface area (Å²) in [7, 11) is 0. The van der Waals surface area contributed by atoms with Crippen LogP contribution in [0.25, 0.3) is 22.3 Å². The topological polar surface area (TPSA) is 18.5 Å². The van der Waals surface area contributed by atoms with E-state index in [2.05, 4.69) is 62.4 Å². The van der Waals surface area contributed by atoms with Gasteiger partial charge in [0.1, 0.15) is 23.0 Å². The number of ether oxygens (including phenoxy) is 2. The van der Waals surface area contributed by atoms with Crippen molar-refractivity contribution in [2.24, 2.45) is 0 Å². The Bertz CT molecular complexity index is 1460. The Morgan fingerprint density at radius 3 is 0.825 bits per heavy atom. The first-order valence-electron chi connectivity index (χ1n) is 13.4. The summed E-state index contributed by atoms with van der Waals surface area (Å²) in [5.41, 5.74) is 7.28. The second kappa shape index (κ2) is 13.1. The van der Waals surface area contributed by atoms with Crippen molar-refractivity contribution in [1.29, 1.82) is 0 Å². The highest BCUT2D eigenvalue weighted by atomic mass is 16.5. The van der Waals surface area contributed by atoms with Crippen molar-refractivity contribution in [3.05, 3.63) is 169 Å². The minimum atomic E-state index is 0.840. The van der Waals surface area contributed by atoms with Gasteiger partial charge in [-0.25, -0.2) is 0 Å². The van der Waals surface area contributed by atoms with Crippen molar-refractivity contribution in [1.82, 2.24) is 0 Å². The van der Waals surface area contributed by atoms with Gasteiger partial charge in [0.05, 0.1) is 0 Å². The number of rotatable bonds is 6. The number of hydrogen-bond acceptors (Lipinski definition) is 2. The molecule has 6 aromatic rings. The Labute approximate surface area is 237 Å². The monoisotopic (exact) mass is 520 g/mol. The molecule has 0 fully saturated rings. The van der Waals surface area contributed by atoms with Gasteiger partial charge < -0.3 is 9.47 Å². The second-order valence-electron chi connectivity index (χ2n) is 9.61. The third-order valence-corrected chi connectivity index (χ3v) is 6.44. The lowest BCUT2D eigenvalue weighted by Crippen LogP contribution is -1.85. The Kier molecular flexibility index (Phi) is 8.70. The summed E-state index contributed by atoms with van der Waals surface area (Å²) in [6.07, 6.45) is 0. The standard InChI is InChI=1S/C24H18O.C14H14O/c1-3-7-19(8-4-1)21-11-15-23(16-12-21)25-24-17-13-22(14-18-24)20-9-5-2-6-10-20;1-11-3-7-13(8-4-11)15-14-9-5-12(2)6-10-14/h1-18H;3-10H,1-2H3. The normalized spacial score (nSPS) is 10.2. The second-order valence-corrected chi connectivity index (χ2v) is 9.61. The van der Waals surface area contributed by atoms with Crippen molar-refractivity contribution < 1.29 is 9.47 Å². The maximum atomic E-state index is 5.96. The Balaban J connectivity index is 0.000000184. The zero-order valence-corrected chi connectivity index (χ0v) is 22.8. The summed E-state index contributed by atoms with van der Waals surface area (Å²) in [5.74, 6) is 3.44. The summed E-state index contributed by atoms with van der Waals surface area (Å²) in [6, 6.07) is 53.2. The van der Waals surface area contributed by atoms with Gasteiger partial charge in [-0.1, -0.05) is 120 Å². The van der Waals surface area contributed by atoms with Gasteiger partial charge in [0.15, 0.2) is 0 Å². The molecule has 2 nitrogen and oxygen atoms in total. The molecule has 0 unspecified atom stereocenters. The minimum Gasteiger partial charge on any atom is -0.457 e. The molecule has 196 valence electrons. The van der Waals surface area contributed by atoms with E-state index in [9.17, 15) is 0 Å². The molecule has 0 aliphatic carbocycles. The lowest BCUT2D eigenvalue weighted by molar-refractivity contribution is 0.482. The maximum absolute atomic E-state index is 5.96. The Morgan fingerprint density at radius 2 is 0.525 bits per heavy atom. The first-order chi connectivity index (χ1) is 19.6. The van der Waals surface area contributed by atoms with E-state index < -0.39 is 0 Å². The lowest BCUT2D eigenvalue weighted by Gasteiger charge is -2.08. The summed E-state index contributed by atoms with van der Waals surface area (Å²) in [6.45, 7) is 4.13. The van der Waals surface area contributed by atoms with Crippen LogP contribution in [0, 0.1) is 13.8 Å². The molecule has 0 spiro atoms. The molecule has 6 aromatic carbocycles. The van der Waals surface area contributed by atoms with E-state index in [1.807, 2.05) is 109 Å². The van der Waals surface area contributed by atoms with Crippen LogP contribution in [-0.4, -0.2) is 0 Å². The van der Waals surface area contributed by atoms with Gasteiger partial charge in [-0.05, 0) is 84.6 Å². The van der Waals surface area contributed by atoms with Crippen LogP contribution in [0.15, 0.2) is 158 Å². The van der Waals surface area contributed by atoms with Crippen molar-refractivity contribution in [3.63, 3.8) is 0 Å². The van der Waals surface area contributed by atoms with E-state index in [1.165, 1.54) is 33.4 Å². The third-order valence-electron chi connectivity index (χ3n) is 6.44. The van der Waals surface area contributed by atoms with Gasteiger partial charge in [0.2, 0.25) is 0 Å². The molecule has 0 radical (unpaired) electrons. The van der Waals surface area contributed by atoms with Crippen molar-refractivity contribution >= 4 is 0 Å². The van der Waals surface area contributed by atoms with Gasteiger partial charge in [-0.3, -0.25) is 0 Å². The molecule has 0 bridgehead atoms. The van der Waals surface area contributed by atoms with E-state index in [-0.39, 0.29) is 0 Å². The summed E-state index contributed by atoms with van der Waals surface area (Å²) in [4.78, 5) is 0. The average molecular weight is 521 g/mol. The Morgan fingerprint density at radius 1 is 0.275 bits per heavy atom. The highest BCUT2D eigenvalue weighted by Crippen LogP contribution is 2.28. The first kappa shape index (κ1) is 26.5. The zero-order valence-electron chi connectivity index (χ0n) is 22.8. The largest absolute Gasteiger partial charge is 0.457 e. The molecule has 40 heavy (non-hydrogen) atoms.